The summed E-state index contributed by atoms with van der Waals surface area (Å²) in [6.07, 6.45) is 0.298. The number of primary amides is 1. The molecule has 0 spiro atoms. The largest absolute Gasteiger partial charge is 0.480 e. The zero-order valence-electron chi connectivity index (χ0n) is 18.3. The van der Waals surface area contributed by atoms with E-state index in [1.165, 1.54) is 30.3 Å². The fourth-order valence-electron chi connectivity index (χ4n) is 3.99. The van der Waals surface area contributed by atoms with Gasteiger partial charge in [0.05, 0.1) is 0 Å². The number of carboxylic acid groups (broad SMARTS) is 1. The summed E-state index contributed by atoms with van der Waals surface area (Å²) in [6, 6.07) is 20.3. The average molecular weight is 470 g/mol. The van der Waals surface area contributed by atoms with Crippen molar-refractivity contribution in [2.45, 2.75) is 12.5 Å². The van der Waals surface area contributed by atoms with Gasteiger partial charge in [-0.1, -0.05) is 18.2 Å². The van der Waals surface area contributed by atoms with E-state index in [1.807, 2.05) is 24.3 Å². The molecule has 5 rings (SSSR count). The number of aliphatic carboxylic acids is 1. The van der Waals surface area contributed by atoms with Crippen molar-refractivity contribution in [2.24, 2.45) is 5.73 Å². The van der Waals surface area contributed by atoms with Crippen LogP contribution in [0, 0.1) is 5.82 Å². The van der Waals surface area contributed by atoms with Gasteiger partial charge in [-0.3, -0.25) is 4.79 Å². The Labute approximate surface area is 199 Å². The molecule has 8 nitrogen and oxygen atoms in total. The van der Waals surface area contributed by atoms with Gasteiger partial charge in [-0.05, 0) is 60.2 Å². The lowest BCUT2D eigenvalue weighted by Gasteiger charge is -2.24. The fraction of sp³-hybridized carbons (Fsp3) is 0.0769. The molecule has 0 fully saturated rings. The second-order valence-corrected chi connectivity index (χ2v) is 7.94. The highest BCUT2D eigenvalue weighted by Gasteiger charge is 2.36. The summed E-state index contributed by atoms with van der Waals surface area (Å²) in [5.41, 5.74) is 7.62. The van der Waals surface area contributed by atoms with Crippen LogP contribution >= 0.6 is 0 Å². The van der Waals surface area contributed by atoms with Gasteiger partial charge >= 0.3 is 5.97 Å². The minimum Gasteiger partial charge on any atom is -0.480 e. The van der Waals surface area contributed by atoms with Gasteiger partial charge in [0.15, 0.2) is 5.82 Å². The minimum absolute atomic E-state index is 0.0369. The lowest BCUT2D eigenvalue weighted by Crippen LogP contribution is -2.36. The number of carbonyl (C=O) groups excluding carboxylic acids is 1. The quantitative estimate of drug-likeness (QED) is 0.431. The van der Waals surface area contributed by atoms with Crippen LogP contribution in [0.2, 0.25) is 0 Å². The van der Waals surface area contributed by atoms with Crippen LogP contribution in [0.5, 0.6) is 11.5 Å². The summed E-state index contributed by atoms with van der Waals surface area (Å²) in [6.45, 7) is 0. The Kier molecular flexibility index (Phi) is 5.58. The molecule has 35 heavy (non-hydrogen) atoms. The van der Waals surface area contributed by atoms with E-state index in [-0.39, 0.29) is 23.2 Å². The van der Waals surface area contributed by atoms with Crippen LogP contribution < -0.4 is 15.4 Å². The number of hydrogen-bond donors (Lipinski definition) is 2. The number of hydrogen-bond acceptors (Lipinski definition) is 6. The van der Waals surface area contributed by atoms with Crippen LogP contribution in [-0.4, -0.2) is 33.0 Å². The summed E-state index contributed by atoms with van der Waals surface area (Å²) in [4.78, 5) is 34.5. The number of nitrogens with two attached hydrogens (primary N) is 1. The topological polar surface area (TPSA) is 119 Å². The number of amides is 1. The molecule has 0 saturated carbocycles. The van der Waals surface area contributed by atoms with Crippen LogP contribution in [0.1, 0.15) is 16.1 Å². The monoisotopic (exact) mass is 470 g/mol. The number of carbonyl (C=O) groups is 2. The van der Waals surface area contributed by atoms with Crippen molar-refractivity contribution in [3.8, 4) is 22.9 Å². The normalized spacial score (nSPS) is 14.4. The Balaban J connectivity index is 1.52. The first kappa shape index (κ1) is 22.0. The first-order chi connectivity index (χ1) is 16.9. The van der Waals surface area contributed by atoms with Gasteiger partial charge in [-0.15, -0.1) is 0 Å². The predicted molar refractivity (Wildman–Crippen MR) is 126 cm³/mol. The first-order valence-corrected chi connectivity index (χ1v) is 10.7. The molecule has 4 aromatic rings. The summed E-state index contributed by atoms with van der Waals surface area (Å²) in [5.74, 6) is -0.687. The van der Waals surface area contributed by atoms with E-state index in [9.17, 15) is 19.1 Å². The van der Waals surface area contributed by atoms with Crippen LogP contribution in [0.25, 0.3) is 11.4 Å². The highest BCUT2D eigenvalue weighted by molar-refractivity contribution is 5.93. The van der Waals surface area contributed by atoms with Crippen LogP contribution in [0.4, 0.5) is 15.9 Å². The van der Waals surface area contributed by atoms with Crippen molar-refractivity contribution in [1.82, 2.24) is 9.97 Å². The molecule has 1 amide bonds. The molecule has 174 valence electrons. The molecule has 3 N–H and O–H groups in total. The van der Waals surface area contributed by atoms with Crippen molar-refractivity contribution >= 4 is 23.4 Å². The van der Waals surface area contributed by atoms with E-state index >= 15 is 0 Å². The molecule has 0 aliphatic carbocycles. The number of para-hydroxylation sites is 1. The number of aromatic nitrogens is 2. The molecule has 3 aromatic carbocycles. The average Bonchev–Trinajstić information content (AvgIpc) is 3.26. The van der Waals surface area contributed by atoms with E-state index in [0.717, 1.165) is 5.56 Å². The molecule has 0 radical (unpaired) electrons. The lowest BCUT2D eigenvalue weighted by atomic mass is 10.1. The number of rotatable bonds is 6. The molecular weight excluding hydrogens is 451 g/mol. The maximum atomic E-state index is 13.1. The van der Waals surface area contributed by atoms with Crippen LogP contribution in [0.15, 0.2) is 78.9 Å². The second kappa shape index (κ2) is 8.86. The smallest absolute Gasteiger partial charge is 0.327 e. The van der Waals surface area contributed by atoms with Gasteiger partial charge < -0.3 is 20.5 Å². The zero-order chi connectivity index (χ0) is 24.5. The van der Waals surface area contributed by atoms with E-state index < -0.39 is 17.9 Å². The van der Waals surface area contributed by atoms with E-state index in [4.69, 9.17) is 10.5 Å². The lowest BCUT2D eigenvalue weighted by molar-refractivity contribution is -0.138. The maximum absolute atomic E-state index is 13.1. The third kappa shape index (κ3) is 4.39. The van der Waals surface area contributed by atoms with Crippen molar-refractivity contribution < 1.29 is 23.8 Å². The molecular formula is C26H19FN4O4. The first-order valence-electron chi connectivity index (χ1n) is 10.7. The van der Waals surface area contributed by atoms with Crippen molar-refractivity contribution in [2.75, 3.05) is 4.90 Å². The van der Waals surface area contributed by atoms with E-state index in [0.29, 0.717) is 29.2 Å². The van der Waals surface area contributed by atoms with E-state index in [2.05, 4.69) is 9.97 Å². The van der Waals surface area contributed by atoms with Crippen molar-refractivity contribution in [3.05, 3.63) is 95.9 Å². The molecule has 0 saturated heterocycles. The molecule has 9 heteroatoms. The van der Waals surface area contributed by atoms with Crippen molar-refractivity contribution in [1.29, 1.82) is 0 Å². The number of fused-ring (bicyclic) bond motifs is 1. The molecule has 1 aliphatic heterocycles. The number of carboxylic acids is 1. The third-order valence-electron chi connectivity index (χ3n) is 5.63. The SMILES string of the molecule is NC(=O)c1cc(N2c3ccccc3CC2C(=O)O)nc(-c2ccc(Oc3ccc(F)cc3)cc2)n1. The van der Waals surface area contributed by atoms with Gasteiger partial charge in [0.2, 0.25) is 0 Å². The summed E-state index contributed by atoms with van der Waals surface area (Å²) >= 11 is 0. The van der Waals surface area contributed by atoms with E-state index in [1.54, 1.807) is 29.2 Å². The van der Waals surface area contributed by atoms with Gasteiger partial charge in [-0.2, -0.15) is 0 Å². The fourth-order valence-corrected chi connectivity index (χ4v) is 3.99. The van der Waals surface area contributed by atoms with Gasteiger partial charge in [0.25, 0.3) is 5.91 Å². The number of ether oxygens (including phenoxy) is 1. The summed E-state index contributed by atoms with van der Waals surface area (Å²) in [7, 11) is 0. The Hall–Kier alpha value is -4.79. The van der Waals surface area contributed by atoms with Gasteiger partial charge in [0, 0.05) is 23.7 Å². The molecule has 2 heterocycles. The Morgan fingerprint density at radius 3 is 2.29 bits per heavy atom. The molecule has 1 aliphatic rings. The van der Waals surface area contributed by atoms with Gasteiger partial charge in [0.1, 0.15) is 34.9 Å². The Bertz CT molecular complexity index is 1420. The number of halogens is 1. The second-order valence-electron chi connectivity index (χ2n) is 7.94. The predicted octanol–water partition coefficient (Wildman–Crippen LogP) is 4.32. The molecule has 1 unspecified atom stereocenters. The van der Waals surface area contributed by atoms with Crippen LogP contribution in [0.3, 0.4) is 0 Å². The molecule has 1 aromatic heterocycles. The summed E-state index contributed by atoms with van der Waals surface area (Å²) < 4.78 is 18.8. The zero-order valence-corrected chi connectivity index (χ0v) is 18.3. The molecule has 0 bridgehead atoms. The third-order valence-corrected chi connectivity index (χ3v) is 5.63. The standard InChI is InChI=1S/C26H19FN4O4/c27-17-7-11-19(12-8-17)35-18-9-5-15(6-10-18)25-29-20(24(28)32)14-23(30-25)31-21-4-2-1-3-16(21)13-22(31)26(33)34/h1-12,14,22H,13H2,(H2,28,32)(H,33,34). The Morgan fingerprint density at radius 1 is 0.971 bits per heavy atom. The summed E-state index contributed by atoms with van der Waals surface area (Å²) in [5, 5.41) is 9.84. The number of nitrogens with zero attached hydrogens (tertiary/aromatic N) is 3. The molecule has 1 atom stereocenters. The Morgan fingerprint density at radius 2 is 1.63 bits per heavy atom. The number of anilines is 2. The highest BCUT2D eigenvalue weighted by Crippen LogP contribution is 2.38. The van der Waals surface area contributed by atoms with Crippen LogP contribution in [-0.2, 0) is 11.2 Å². The van der Waals surface area contributed by atoms with Gasteiger partial charge in [-0.25, -0.2) is 19.2 Å². The minimum atomic E-state index is -1.01. The van der Waals surface area contributed by atoms with Crippen molar-refractivity contribution in [3.63, 3.8) is 0 Å². The number of benzene rings is 3. The maximum Gasteiger partial charge on any atom is 0.327 e. The highest BCUT2D eigenvalue weighted by atomic mass is 19.1.